The van der Waals surface area contributed by atoms with Crippen molar-refractivity contribution in [1.29, 1.82) is 0 Å². The standard InChI is InChI=1S/C13H25N3O/c1-11(2)6-9-17-10-7-14-13-5-8-16(15-13)12(3)4/h5,8,11-12H,6-7,9-10H2,1-4H3,(H,14,15). The lowest BCUT2D eigenvalue weighted by Crippen LogP contribution is -2.11. The van der Waals surface area contributed by atoms with E-state index in [-0.39, 0.29) is 0 Å². The summed E-state index contributed by atoms with van der Waals surface area (Å²) in [6.45, 7) is 11.0. The van der Waals surface area contributed by atoms with Crippen LogP contribution in [0.3, 0.4) is 0 Å². The summed E-state index contributed by atoms with van der Waals surface area (Å²) in [5.74, 6) is 1.64. The number of rotatable bonds is 8. The minimum absolute atomic E-state index is 0.410. The molecule has 98 valence electrons. The monoisotopic (exact) mass is 239 g/mol. The molecule has 1 aromatic rings. The van der Waals surface area contributed by atoms with Crippen molar-refractivity contribution >= 4 is 5.82 Å². The molecule has 0 radical (unpaired) electrons. The van der Waals surface area contributed by atoms with Gasteiger partial charge in [-0.25, -0.2) is 0 Å². The van der Waals surface area contributed by atoms with Crippen molar-refractivity contribution < 1.29 is 4.74 Å². The molecule has 1 rings (SSSR count). The van der Waals surface area contributed by atoms with Crippen LogP contribution < -0.4 is 5.32 Å². The molecule has 0 aromatic carbocycles. The fourth-order valence-corrected chi connectivity index (χ4v) is 1.39. The fourth-order valence-electron chi connectivity index (χ4n) is 1.39. The third kappa shape index (κ3) is 5.73. The summed E-state index contributed by atoms with van der Waals surface area (Å²) >= 11 is 0. The molecule has 0 saturated carbocycles. The van der Waals surface area contributed by atoms with E-state index in [1.807, 2.05) is 16.9 Å². The van der Waals surface area contributed by atoms with Gasteiger partial charge in [0.1, 0.15) is 5.82 Å². The van der Waals surface area contributed by atoms with Crippen LogP contribution in [-0.2, 0) is 4.74 Å². The highest BCUT2D eigenvalue weighted by Gasteiger charge is 2.00. The summed E-state index contributed by atoms with van der Waals surface area (Å²) < 4.78 is 7.47. The Balaban J connectivity index is 2.09. The molecule has 0 unspecified atom stereocenters. The van der Waals surface area contributed by atoms with Gasteiger partial charge in [0, 0.05) is 31.5 Å². The zero-order chi connectivity index (χ0) is 12.7. The van der Waals surface area contributed by atoms with Gasteiger partial charge < -0.3 is 10.1 Å². The fraction of sp³-hybridized carbons (Fsp3) is 0.769. The normalized spacial score (nSPS) is 11.4. The minimum atomic E-state index is 0.410. The molecule has 0 aliphatic carbocycles. The molecule has 0 aliphatic rings. The van der Waals surface area contributed by atoms with Crippen molar-refractivity contribution in [3.8, 4) is 0 Å². The highest BCUT2D eigenvalue weighted by Crippen LogP contribution is 2.07. The molecule has 0 fully saturated rings. The quantitative estimate of drug-likeness (QED) is 0.709. The van der Waals surface area contributed by atoms with Crippen molar-refractivity contribution in [2.75, 3.05) is 25.1 Å². The first kappa shape index (κ1) is 14.0. The lowest BCUT2D eigenvalue weighted by molar-refractivity contribution is 0.132. The first-order valence-electron chi connectivity index (χ1n) is 6.46. The number of anilines is 1. The average Bonchev–Trinajstić information content (AvgIpc) is 2.71. The molecule has 4 heteroatoms. The van der Waals surface area contributed by atoms with Crippen LogP contribution in [0, 0.1) is 5.92 Å². The van der Waals surface area contributed by atoms with Crippen molar-refractivity contribution in [3.05, 3.63) is 12.3 Å². The molecule has 17 heavy (non-hydrogen) atoms. The first-order valence-corrected chi connectivity index (χ1v) is 6.46. The Kier molecular flexibility index (Phi) is 6.05. The summed E-state index contributed by atoms with van der Waals surface area (Å²) in [5, 5.41) is 7.66. The van der Waals surface area contributed by atoms with Crippen molar-refractivity contribution in [2.45, 2.75) is 40.2 Å². The molecule has 4 nitrogen and oxygen atoms in total. The first-order chi connectivity index (χ1) is 8.09. The molecular weight excluding hydrogens is 214 g/mol. The largest absolute Gasteiger partial charge is 0.380 e. The average molecular weight is 239 g/mol. The summed E-state index contributed by atoms with van der Waals surface area (Å²) in [5.41, 5.74) is 0. The molecule has 0 bridgehead atoms. The van der Waals surface area contributed by atoms with Gasteiger partial charge in [-0.2, -0.15) is 5.10 Å². The molecule has 1 heterocycles. The van der Waals surface area contributed by atoms with Crippen molar-refractivity contribution in [3.63, 3.8) is 0 Å². The summed E-state index contributed by atoms with van der Waals surface area (Å²) in [6, 6.07) is 2.40. The van der Waals surface area contributed by atoms with Gasteiger partial charge in [-0.1, -0.05) is 13.8 Å². The molecule has 0 atom stereocenters. The predicted molar refractivity (Wildman–Crippen MR) is 71.4 cm³/mol. The van der Waals surface area contributed by atoms with Crippen LogP contribution in [0.5, 0.6) is 0 Å². The Bertz CT molecular complexity index is 307. The number of aromatic nitrogens is 2. The zero-order valence-corrected chi connectivity index (χ0v) is 11.4. The summed E-state index contributed by atoms with van der Waals surface area (Å²) in [6.07, 6.45) is 3.12. The molecular formula is C13H25N3O. The van der Waals surface area contributed by atoms with Crippen LogP contribution in [0.2, 0.25) is 0 Å². The molecule has 0 spiro atoms. The van der Waals surface area contributed by atoms with Crippen LogP contribution in [0.15, 0.2) is 12.3 Å². The van der Waals surface area contributed by atoms with E-state index in [9.17, 15) is 0 Å². The smallest absolute Gasteiger partial charge is 0.148 e. The van der Waals surface area contributed by atoms with Gasteiger partial charge >= 0.3 is 0 Å². The van der Waals surface area contributed by atoms with E-state index < -0.39 is 0 Å². The maximum absolute atomic E-state index is 5.52. The number of ether oxygens (including phenoxy) is 1. The van der Waals surface area contributed by atoms with E-state index in [0.29, 0.717) is 12.0 Å². The Morgan fingerprint density at radius 2 is 2.06 bits per heavy atom. The van der Waals surface area contributed by atoms with Crippen molar-refractivity contribution in [1.82, 2.24) is 9.78 Å². The Hall–Kier alpha value is -1.03. The molecule has 1 N–H and O–H groups in total. The Labute approximate surface area is 104 Å². The predicted octanol–water partition coefficient (Wildman–Crippen LogP) is 2.94. The number of hydrogen-bond donors (Lipinski definition) is 1. The Morgan fingerprint density at radius 1 is 1.29 bits per heavy atom. The van der Waals surface area contributed by atoms with Crippen LogP contribution in [0.1, 0.15) is 40.2 Å². The Morgan fingerprint density at radius 3 is 2.65 bits per heavy atom. The maximum atomic E-state index is 5.52. The SMILES string of the molecule is CC(C)CCOCCNc1ccn(C(C)C)n1. The van der Waals surface area contributed by atoms with E-state index in [2.05, 4.69) is 38.1 Å². The van der Waals surface area contributed by atoms with Gasteiger partial charge in [-0.3, -0.25) is 4.68 Å². The van der Waals surface area contributed by atoms with Crippen molar-refractivity contribution in [2.24, 2.45) is 5.92 Å². The van der Waals surface area contributed by atoms with Gasteiger partial charge in [-0.15, -0.1) is 0 Å². The second kappa shape index (κ2) is 7.33. The third-order valence-electron chi connectivity index (χ3n) is 2.53. The van der Waals surface area contributed by atoms with Gasteiger partial charge in [0.2, 0.25) is 0 Å². The van der Waals surface area contributed by atoms with Crippen LogP contribution >= 0.6 is 0 Å². The molecule has 0 amide bonds. The maximum Gasteiger partial charge on any atom is 0.148 e. The number of nitrogens with zero attached hydrogens (tertiary/aromatic N) is 2. The highest BCUT2D eigenvalue weighted by molar-refractivity contribution is 5.31. The number of hydrogen-bond acceptors (Lipinski definition) is 3. The topological polar surface area (TPSA) is 39.1 Å². The number of nitrogens with one attached hydrogen (secondary N) is 1. The van der Waals surface area contributed by atoms with Gasteiger partial charge in [0.25, 0.3) is 0 Å². The summed E-state index contributed by atoms with van der Waals surface area (Å²) in [7, 11) is 0. The highest BCUT2D eigenvalue weighted by atomic mass is 16.5. The summed E-state index contributed by atoms with van der Waals surface area (Å²) in [4.78, 5) is 0. The van der Waals surface area contributed by atoms with Gasteiger partial charge in [0.15, 0.2) is 0 Å². The third-order valence-corrected chi connectivity index (χ3v) is 2.53. The van der Waals surface area contributed by atoms with E-state index in [4.69, 9.17) is 4.74 Å². The van der Waals surface area contributed by atoms with Crippen LogP contribution in [0.4, 0.5) is 5.82 Å². The van der Waals surface area contributed by atoms with Gasteiger partial charge in [0.05, 0.1) is 6.61 Å². The van der Waals surface area contributed by atoms with E-state index >= 15 is 0 Å². The van der Waals surface area contributed by atoms with Crippen LogP contribution in [-0.4, -0.2) is 29.5 Å². The molecule has 0 aliphatic heterocycles. The minimum Gasteiger partial charge on any atom is -0.380 e. The van der Waals surface area contributed by atoms with E-state index in [0.717, 1.165) is 32.0 Å². The lowest BCUT2D eigenvalue weighted by Gasteiger charge is -2.07. The molecule has 1 aromatic heterocycles. The second-order valence-electron chi connectivity index (χ2n) is 5.00. The van der Waals surface area contributed by atoms with Crippen LogP contribution in [0.25, 0.3) is 0 Å². The van der Waals surface area contributed by atoms with Gasteiger partial charge in [-0.05, 0) is 26.2 Å². The molecule has 0 saturated heterocycles. The second-order valence-corrected chi connectivity index (χ2v) is 5.00. The lowest BCUT2D eigenvalue weighted by atomic mass is 10.1. The zero-order valence-electron chi connectivity index (χ0n) is 11.4. The van der Waals surface area contributed by atoms with E-state index in [1.54, 1.807) is 0 Å². The van der Waals surface area contributed by atoms with E-state index in [1.165, 1.54) is 0 Å².